The third-order valence-electron chi connectivity index (χ3n) is 2.92. The van der Waals surface area contributed by atoms with Crippen LogP contribution in [-0.4, -0.2) is 10.7 Å². The number of rotatable bonds is 5. The normalized spacial score (nSPS) is 14.6. The van der Waals surface area contributed by atoms with Crippen molar-refractivity contribution in [3.8, 4) is 0 Å². The Morgan fingerprint density at radius 2 is 2.18 bits per heavy atom. The molecule has 0 saturated heterocycles. The van der Waals surface area contributed by atoms with Crippen molar-refractivity contribution in [1.29, 1.82) is 0 Å². The smallest absolute Gasteiger partial charge is 0.273 e. The van der Waals surface area contributed by atoms with Gasteiger partial charge in [0.2, 0.25) is 0 Å². The molecule has 0 amide bonds. The Kier molecular flexibility index (Phi) is 3.57. The second-order valence-electron chi connectivity index (χ2n) is 4.27. The van der Waals surface area contributed by atoms with Gasteiger partial charge >= 0.3 is 0 Å². The van der Waals surface area contributed by atoms with Crippen molar-refractivity contribution in [2.45, 2.75) is 25.7 Å². The van der Waals surface area contributed by atoms with E-state index in [-0.39, 0.29) is 17.4 Å². The molecule has 1 saturated carbocycles. The van der Waals surface area contributed by atoms with E-state index in [1.54, 1.807) is 12.1 Å². The molecule has 1 aliphatic carbocycles. The maximum atomic E-state index is 11.5. The van der Waals surface area contributed by atoms with Crippen molar-refractivity contribution in [2.24, 2.45) is 5.92 Å². The highest BCUT2D eigenvalue weighted by atomic mass is 79.9. The highest BCUT2D eigenvalue weighted by Gasteiger charge is 2.29. The summed E-state index contributed by atoms with van der Waals surface area (Å²) in [6, 6.07) is 4.96. The van der Waals surface area contributed by atoms with E-state index >= 15 is 0 Å². The van der Waals surface area contributed by atoms with Crippen LogP contribution in [0.2, 0.25) is 0 Å². The van der Waals surface area contributed by atoms with E-state index in [1.807, 2.05) is 0 Å². The minimum Gasteiger partial charge on any atom is -0.299 e. The lowest BCUT2D eigenvalue weighted by molar-refractivity contribution is -0.385. The average Bonchev–Trinajstić information content (AvgIpc) is 3.10. The third-order valence-corrected chi connectivity index (χ3v) is 3.41. The number of nitro benzene ring substituents is 1. The van der Waals surface area contributed by atoms with E-state index in [2.05, 4.69) is 15.9 Å². The number of nitro groups is 1. The van der Waals surface area contributed by atoms with Crippen LogP contribution in [0.3, 0.4) is 0 Å². The van der Waals surface area contributed by atoms with Gasteiger partial charge in [-0.1, -0.05) is 22.0 Å². The van der Waals surface area contributed by atoms with E-state index in [0.29, 0.717) is 22.9 Å². The predicted molar refractivity (Wildman–Crippen MR) is 66.8 cm³/mol. The Hall–Kier alpha value is -1.23. The van der Waals surface area contributed by atoms with Crippen LogP contribution in [0.5, 0.6) is 0 Å². The number of ketones is 1. The molecule has 0 unspecified atom stereocenters. The largest absolute Gasteiger partial charge is 0.299 e. The molecule has 0 atom stereocenters. The first-order chi connectivity index (χ1) is 8.08. The minimum atomic E-state index is -0.401. The Labute approximate surface area is 107 Å². The summed E-state index contributed by atoms with van der Waals surface area (Å²) in [7, 11) is 0. The van der Waals surface area contributed by atoms with Crippen molar-refractivity contribution in [2.75, 3.05) is 0 Å². The van der Waals surface area contributed by atoms with E-state index in [1.165, 1.54) is 6.07 Å². The summed E-state index contributed by atoms with van der Waals surface area (Å²) in [5, 5.41) is 10.9. The van der Waals surface area contributed by atoms with Gasteiger partial charge in [-0.3, -0.25) is 14.9 Å². The maximum Gasteiger partial charge on any atom is 0.273 e. The summed E-state index contributed by atoms with van der Waals surface area (Å²) in [5.41, 5.74) is 0.718. The molecule has 2 rings (SSSR count). The highest BCUT2D eigenvalue weighted by molar-refractivity contribution is 9.10. The van der Waals surface area contributed by atoms with E-state index in [4.69, 9.17) is 0 Å². The SMILES string of the molecule is O=C(CCc1ccc(Br)cc1[N+](=O)[O-])C1CC1. The van der Waals surface area contributed by atoms with Crippen molar-refractivity contribution >= 4 is 27.4 Å². The van der Waals surface area contributed by atoms with E-state index in [9.17, 15) is 14.9 Å². The average molecular weight is 298 g/mol. The van der Waals surface area contributed by atoms with E-state index < -0.39 is 4.92 Å². The van der Waals surface area contributed by atoms with Crippen LogP contribution in [-0.2, 0) is 11.2 Å². The lowest BCUT2D eigenvalue weighted by atomic mass is 10.0. The van der Waals surface area contributed by atoms with Crippen LogP contribution in [0, 0.1) is 16.0 Å². The van der Waals surface area contributed by atoms with Crippen molar-refractivity contribution in [3.05, 3.63) is 38.3 Å². The van der Waals surface area contributed by atoms with Gasteiger partial charge in [-0.2, -0.15) is 0 Å². The van der Waals surface area contributed by atoms with Crippen molar-refractivity contribution < 1.29 is 9.72 Å². The van der Waals surface area contributed by atoms with Gasteiger partial charge in [-0.25, -0.2) is 0 Å². The predicted octanol–water partition coefficient (Wildman–Crippen LogP) is 3.27. The maximum absolute atomic E-state index is 11.5. The number of benzene rings is 1. The molecule has 4 nitrogen and oxygen atoms in total. The fourth-order valence-corrected chi connectivity index (χ4v) is 2.13. The molecule has 0 N–H and O–H groups in total. The second kappa shape index (κ2) is 4.96. The quantitative estimate of drug-likeness (QED) is 0.619. The summed E-state index contributed by atoms with van der Waals surface area (Å²) in [4.78, 5) is 22.0. The fraction of sp³-hybridized carbons (Fsp3) is 0.417. The zero-order chi connectivity index (χ0) is 12.4. The number of hydrogen-bond acceptors (Lipinski definition) is 3. The first-order valence-corrected chi connectivity index (χ1v) is 6.33. The van der Waals surface area contributed by atoms with Crippen molar-refractivity contribution in [3.63, 3.8) is 0 Å². The molecule has 5 heteroatoms. The van der Waals surface area contributed by atoms with Crippen LogP contribution in [0.25, 0.3) is 0 Å². The molecule has 0 aromatic heterocycles. The summed E-state index contributed by atoms with van der Waals surface area (Å²) >= 11 is 3.21. The van der Waals surface area contributed by atoms with Gasteiger partial charge in [-0.05, 0) is 25.3 Å². The summed E-state index contributed by atoms with van der Waals surface area (Å²) < 4.78 is 0.682. The molecule has 1 fully saturated rings. The van der Waals surface area contributed by atoms with Crippen LogP contribution < -0.4 is 0 Å². The first kappa shape index (κ1) is 12.2. The zero-order valence-corrected chi connectivity index (χ0v) is 10.8. The molecule has 0 radical (unpaired) electrons. The van der Waals surface area contributed by atoms with Crippen LogP contribution >= 0.6 is 15.9 Å². The number of carbonyl (C=O) groups is 1. The minimum absolute atomic E-state index is 0.0861. The molecule has 1 aliphatic rings. The number of aryl methyl sites for hydroxylation is 1. The first-order valence-electron chi connectivity index (χ1n) is 5.53. The van der Waals surface area contributed by atoms with Crippen LogP contribution in [0.4, 0.5) is 5.69 Å². The van der Waals surface area contributed by atoms with Gasteiger partial charge < -0.3 is 0 Å². The molecule has 0 heterocycles. The van der Waals surface area contributed by atoms with Gasteiger partial charge in [0.1, 0.15) is 5.78 Å². The molecule has 1 aromatic carbocycles. The molecular weight excluding hydrogens is 286 g/mol. The molecule has 0 bridgehead atoms. The zero-order valence-electron chi connectivity index (χ0n) is 9.19. The van der Waals surface area contributed by atoms with Gasteiger partial charge in [-0.15, -0.1) is 0 Å². The second-order valence-corrected chi connectivity index (χ2v) is 5.19. The van der Waals surface area contributed by atoms with Crippen LogP contribution in [0.15, 0.2) is 22.7 Å². The summed E-state index contributed by atoms with van der Waals surface area (Å²) in [6.07, 6.45) is 2.84. The summed E-state index contributed by atoms with van der Waals surface area (Å²) in [6.45, 7) is 0. The standard InChI is InChI=1S/C12H12BrNO3/c13-10-5-3-8(11(7-10)14(16)17)4-6-12(15)9-1-2-9/h3,5,7,9H,1-2,4,6H2. The van der Waals surface area contributed by atoms with E-state index in [0.717, 1.165) is 12.8 Å². The number of nitrogens with zero attached hydrogens (tertiary/aromatic N) is 1. The van der Waals surface area contributed by atoms with Gasteiger partial charge in [0.15, 0.2) is 0 Å². The lowest BCUT2D eigenvalue weighted by Crippen LogP contribution is -2.03. The third kappa shape index (κ3) is 3.12. The van der Waals surface area contributed by atoms with Crippen molar-refractivity contribution in [1.82, 2.24) is 0 Å². The highest BCUT2D eigenvalue weighted by Crippen LogP contribution is 2.32. The van der Waals surface area contributed by atoms with Gasteiger partial charge in [0.05, 0.1) is 4.92 Å². The molecule has 17 heavy (non-hydrogen) atoms. The molecule has 1 aromatic rings. The summed E-state index contributed by atoms with van der Waals surface area (Å²) in [5.74, 6) is 0.465. The molecular formula is C12H12BrNO3. The fourth-order valence-electron chi connectivity index (χ4n) is 1.79. The number of hydrogen-bond donors (Lipinski definition) is 0. The van der Waals surface area contributed by atoms with Gasteiger partial charge in [0, 0.05) is 28.4 Å². The molecule has 0 aliphatic heterocycles. The molecule has 90 valence electrons. The number of Topliss-reactive ketones (excluding diaryl/α,β-unsaturated/α-hetero) is 1. The van der Waals surface area contributed by atoms with Crippen LogP contribution in [0.1, 0.15) is 24.8 Å². The topological polar surface area (TPSA) is 60.2 Å². The Morgan fingerprint density at radius 3 is 2.76 bits per heavy atom. The Bertz CT molecular complexity index is 469. The Morgan fingerprint density at radius 1 is 1.47 bits per heavy atom. The Balaban J connectivity index is 2.08. The number of carbonyl (C=O) groups excluding carboxylic acids is 1. The monoisotopic (exact) mass is 297 g/mol. The molecule has 0 spiro atoms. The number of halogens is 1. The van der Waals surface area contributed by atoms with Gasteiger partial charge in [0.25, 0.3) is 5.69 Å². The lowest BCUT2D eigenvalue weighted by Gasteiger charge is -2.03.